The van der Waals surface area contributed by atoms with Crippen LogP contribution in [0.1, 0.15) is 18.1 Å². The van der Waals surface area contributed by atoms with E-state index < -0.39 is 0 Å². The fourth-order valence-corrected chi connectivity index (χ4v) is 2.64. The van der Waals surface area contributed by atoms with Crippen LogP contribution in [0.3, 0.4) is 0 Å². The van der Waals surface area contributed by atoms with Gasteiger partial charge in [0.15, 0.2) is 17.3 Å². The van der Waals surface area contributed by atoms with Crippen molar-refractivity contribution in [2.75, 3.05) is 17.4 Å². The topological polar surface area (TPSA) is 81.2 Å². The Bertz CT molecular complexity index is 899. The number of anilines is 3. The Balaban J connectivity index is 1.40. The lowest BCUT2D eigenvalue weighted by Crippen LogP contribution is -2.06. The van der Waals surface area contributed by atoms with Gasteiger partial charge in [-0.3, -0.25) is 0 Å². The minimum atomic E-state index is 0.270. The molecule has 0 unspecified atom stereocenters. The van der Waals surface area contributed by atoms with Gasteiger partial charge in [-0.05, 0) is 41.8 Å². The first-order valence-electron chi connectivity index (χ1n) is 8.48. The van der Waals surface area contributed by atoms with Gasteiger partial charge in [0, 0.05) is 12.2 Å². The van der Waals surface area contributed by atoms with E-state index in [0.29, 0.717) is 18.3 Å². The van der Waals surface area contributed by atoms with Gasteiger partial charge in [-0.25, -0.2) is 0 Å². The molecule has 1 aliphatic heterocycles. The van der Waals surface area contributed by atoms with Crippen molar-refractivity contribution in [3.63, 3.8) is 0 Å². The third-order valence-corrected chi connectivity index (χ3v) is 4.08. The lowest BCUT2D eigenvalue weighted by atomic mass is 10.1. The average molecular weight is 349 g/mol. The summed E-state index contributed by atoms with van der Waals surface area (Å²) in [5, 5.41) is 14.4. The van der Waals surface area contributed by atoms with Gasteiger partial charge in [0.25, 0.3) is 0 Å². The molecule has 0 bridgehead atoms. The number of aromatic nitrogens is 3. The molecule has 7 heteroatoms. The summed E-state index contributed by atoms with van der Waals surface area (Å²) in [6.07, 6.45) is 2.61. The van der Waals surface area contributed by atoms with Crippen LogP contribution in [0.15, 0.2) is 48.7 Å². The molecular formula is C19H19N5O2. The van der Waals surface area contributed by atoms with Crippen LogP contribution in [-0.2, 0) is 13.0 Å². The van der Waals surface area contributed by atoms with E-state index in [4.69, 9.17) is 9.47 Å². The Morgan fingerprint density at radius 3 is 2.65 bits per heavy atom. The van der Waals surface area contributed by atoms with Crippen molar-refractivity contribution >= 4 is 17.5 Å². The summed E-state index contributed by atoms with van der Waals surface area (Å²) in [4.78, 5) is 4.45. The van der Waals surface area contributed by atoms with Crippen LogP contribution in [0.25, 0.3) is 0 Å². The zero-order valence-electron chi connectivity index (χ0n) is 14.4. The highest BCUT2D eigenvalue weighted by Gasteiger charge is 2.13. The first-order chi connectivity index (χ1) is 12.8. The second-order valence-corrected chi connectivity index (χ2v) is 5.88. The quantitative estimate of drug-likeness (QED) is 0.704. The summed E-state index contributed by atoms with van der Waals surface area (Å²) >= 11 is 0. The highest BCUT2D eigenvalue weighted by Crippen LogP contribution is 2.32. The van der Waals surface area contributed by atoms with E-state index in [1.54, 1.807) is 6.20 Å². The minimum Gasteiger partial charge on any atom is -0.454 e. The lowest BCUT2D eigenvalue weighted by Gasteiger charge is -2.08. The third kappa shape index (κ3) is 3.66. The zero-order chi connectivity index (χ0) is 17.8. The Morgan fingerprint density at radius 1 is 1.00 bits per heavy atom. The molecule has 0 fully saturated rings. The van der Waals surface area contributed by atoms with Crippen molar-refractivity contribution < 1.29 is 9.47 Å². The molecule has 0 saturated heterocycles. The summed E-state index contributed by atoms with van der Waals surface area (Å²) in [6, 6.07) is 14.1. The van der Waals surface area contributed by atoms with Gasteiger partial charge >= 0.3 is 0 Å². The maximum absolute atomic E-state index is 5.39. The lowest BCUT2D eigenvalue weighted by molar-refractivity contribution is 0.174. The standard InChI is InChI=1S/C19H19N5O2/c1-2-13-3-6-15(7-4-13)22-18-11-21-24-19(23-18)20-10-14-5-8-16-17(9-14)26-12-25-16/h3-9,11H,2,10,12H2,1H3,(H2,20,22,23,24). The summed E-state index contributed by atoms with van der Waals surface area (Å²) in [5.41, 5.74) is 3.30. The largest absolute Gasteiger partial charge is 0.454 e. The van der Waals surface area contributed by atoms with Gasteiger partial charge in [0.2, 0.25) is 12.7 Å². The van der Waals surface area contributed by atoms with Crippen LogP contribution >= 0.6 is 0 Å². The zero-order valence-corrected chi connectivity index (χ0v) is 14.4. The van der Waals surface area contributed by atoms with Crippen LogP contribution in [0, 0.1) is 0 Å². The van der Waals surface area contributed by atoms with Crippen LogP contribution < -0.4 is 20.1 Å². The Hall–Kier alpha value is -3.35. The molecule has 2 N–H and O–H groups in total. The van der Waals surface area contributed by atoms with Gasteiger partial charge in [-0.15, -0.1) is 5.10 Å². The van der Waals surface area contributed by atoms with E-state index in [0.717, 1.165) is 29.2 Å². The maximum atomic E-state index is 5.39. The Morgan fingerprint density at radius 2 is 1.81 bits per heavy atom. The van der Waals surface area contributed by atoms with Gasteiger partial charge in [-0.1, -0.05) is 25.1 Å². The molecule has 0 radical (unpaired) electrons. The second kappa shape index (κ2) is 7.26. The number of ether oxygens (including phenoxy) is 2. The van der Waals surface area contributed by atoms with Crippen molar-refractivity contribution in [1.29, 1.82) is 0 Å². The van der Waals surface area contributed by atoms with E-state index in [-0.39, 0.29) is 6.79 Å². The van der Waals surface area contributed by atoms with Crippen molar-refractivity contribution in [3.05, 3.63) is 59.8 Å². The van der Waals surface area contributed by atoms with Gasteiger partial charge < -0.3 is 20.1 Å². The highest BCUT2D eigenvalue weighted by molar-refractivity contribution is 5.56. The molecule has 2 heterocycles. The number of benzene rings is 2. The molecule has 132 valence electrons. The number of fused-ring (bicyclic) bond motifs is 1. The van der Waals surface area contributed by atoms with Crippen molar-refractivity contribution in [2.45, 2.75) is 19.9 Å². The molecule has 0 spiro atoms. The number of nitrogens with one attached hydrogen (secondary N) is 2. The fraction of sp³-hybridized carbons (Fsp3) is 0.211. The monoisotopic (exact) mass is 349 g/mol. The van der Waals surface area contributed by atoms with Gasteiger partial charge in [0.05, 0.1) is 6.20 Å². The molecular weight excluding hydrogens is 330 g/mol. The summed E-state index contributed by atoms with van der Waals surface area (Å²) in [7, 11) is 0. The van der Waals surface area contributed by atoms with E-state index in [1.165, 1.54) is 5.56 Å². The van der Waals surface area contributed by atoms with E-state index in [9.17, 15) is 0 Å². The predicted octanol–water partition coefficient (Wildman–Crippen LogP) is 3.52. The first kappa shape index (κ1) is 16.1. The SMILES string of the molecule is CCc1ccc(Nc2cnnc(NCc3ccc4c(c3)OCO4)n2)cc1. The number of nitrogens with zero attached hydrogens (tertiary/aromatic N) is 3. The molecule has 3 aromatic rings. The smallest absolute Gasteiger partial charge is 0.244 e. The van der Waals surface area contributed by atoms with Crippen molar-refractivity contribution in [2.24, 2.45) is 0 Å². The molecule has 4 rings (SSSR count). The van der Waals surface area contributed by atoms with Crippen LogP contribution in [-0.4, -0.2) is 22.0 Å². The fourth-order valence-electron chi connectivity index (χ4n) is 2.64. The normalized spacial score (nSPS) is 12.0. The Labute approximate surface area is 151 Å². The highest BCUT2D eigenvalue weighted by atomic mass is 16.7. The molecule has 26 heavy (non-hydrogen) atoms. The van der Waals surface area contributed by atoms with Gasteiger partial charge in [0.1, 0.15) is 0 Å². The van der Waals surface area contributed by atoms with Gasteiger partial charge in [-0.2, -0.15) is 10.1 Å². The summed E-state index contributed by atoms with van der Waals surface area (Å²) in [6.45, 7) is 2.97. The molecule has 0 saturated carbocycles. The molecule has 1 aliphatic rings. The van der Waals surface area contributed by atoms with E-state index >= 15 is 0 Å². The molecule has 2 aromatic carbocycles. The average Bonchev–Trinajstić information content (AvgIpc) is 3.15. The second-order valence-electron chi connectivity index (χ2n) is 5.88. The number of hydrogen-bond acceptors (Lipinski definition) is 7. The third-order valence-electron chi connectivity index (χ3n) is 4.08. The van der Waals surface area contributed by atoms with Crippen LogP contribution in [0.4, 0.5) is 17.5 Å². The number of hydrogen-bond donors (Lipinski definition) is 2. The summed E-state index contributed by atoms with van der Waals surface area (Å²) < 4.78 is 10.7. The van der Waals surface area contributed by atoms with Crippen LogP contribution in [0.2, 0.25) is 0 Å². The molecule has 0 atom stereocenters. The molecule has 0 amide bonds. The van der Waals surface area contributed by atoms with E-state index in [1.807, 2.05) is 30.3 Å². The Kier molecular flexibility index (Phi) is 4.51. The van der Waals surface area contributed by atoms with Crippen molar-refractivity contribution in [3.8, 4) is 11.5 Å². The molecule has 1 aromatic heterocycles. The molecule has 7 nitrogen and oxygen atoms in total. The van der Waals surface area contributed by atoms with E-state index in [2.05, 4.69) is 44.9 Å². The van der Waals surface area contributed by atoms with Crippen LogP contribution in [0.5, 0.6) is 11.5 Å². The predicted molar refractivity (Wildman–Crippen MR) is 98.8 cm³/mol. The number of rotatable bonds is 6. The first-order valence-corrected chi connectivity index (χ1v) is 8.48. The minimum absolute atomic E-state index is 0.270. The summed E-state index contributed by atoms with van der Waals surface area (Å²) in [5.74, 6) is 2.62. The van der Waals surface area contributed by atoms with Crippen molar-refractivity contribution in [1.82, 2.24) is 15.2 Å². The maximum Gasteiger partial charge on any atom is 0.244 e. The number of aryl methyl sites for hydroxylation is 1. The molecule has 0 aliphatic carbocycles.